The van der Waals surface area contributed by atoms with Gasteiger partial charge in [0.05, 0.1) is 11.9 Å². The highest BCUT2D eigenvalue weighted by Gasteiger charge is 2.02. The topological polar surface area (TPSA) is 24.9 Å². The first-order valence-electron chi connectivity index (χ1n) is 4.94. The van der Waals surface area contributed by atoms with Gasteiger partial charge in [0, 0.05) is 11.6 Å². The third kappa shape index (κ3) is 3.14. The van der Waals surface area contributed by atoms with Crippen molar-refractivity contribution >= 4 is 17.3 Å². The van der Waals surface area contributed by atoms with Gasteiger partial charge in [0.2, 0.25) is 5.95 Å². The van der Waals surface area contributed by atoms with Crippen molar-refractivity contribution in [1.82, 2.24) is 4.98 Å². The number of pyridine rings is 1. The normalized spacial score (nSPS) is 10.3. The van der Waals surface area contributed by atoms with Gasteiger partial charge >= 0.3 is 0 Å². The minimum Gasteiger partial charge on any atom is -0.380 e. The maximum absolute atomic E-state index is 12.8. The molecule has 1 heterocycles. The molecule has 2 nitrogen and oxygen atoms in total. The second kappa shape index (κ2) is 5.10. The fourth-order valence-electron chi connectivity index (χ4n) is 1.34. The van der Waals surface area contributed by atoms with Gasteiger partial charge in [-0.1, -0.05) is 17.7 Å². The van der Waals surface area contributed by atoms with Crippen LogP contribution in [0.25, 0.3) is 0 Å². The Morgan fingerprint density at radius 3 is 2.65 bits per heavy atom. The Morgan fingerprint density at radius 2 is 2.00 bits per heavy atom. The smallest absolute Gasteiger partial charge is 0.212 e. The average molecular weight is 255 g/mol. The lowest BCUT2D eigenvalue weighted by atomic mass is 10.2. The van der Waals surface area contributed by atoms with E-state index in [4.69, 9.17) is 11.6 Å². The maximum Gasteiger partial charge on any atom is 0.212 e. The highest BCUT2D eigenvalue weighted by atomic mass is 35.5. The molecule has 0 aliphatic heterocycles. The first-order valence-corrected chi connectivity index (χ1v) is 5.32. The summed E-state index contributed by atoms with van der Waals surface area (Å²) >= 11 is 5.87. The molecule has 1 aromatic heterocycles. The molecule has 0 unspecified atom stereocenters. The number of benzene rings is 1. The molecule has 0 aliphatic rings. The van der Waals surface area contributed by atoms with Crippen molar-refractivity contribution in [2.24, 2.45) is 0 Å². The number of aromatic nitrogens is 1. The standard InChI is InChI=1S/C12H9ClF2N2/c13-11-5-9(14)2-1-8(11)6-16-10-3-4-12(15)17-7-10/h1-5,7,16H,6H2. The van der Waals surface area contributed by atoms with E-state index < -0.39 is 5.95 Å². The van der Waals surface area contributed by atoms with E-state index in [1.165, 1.54) is 24.4 Å². The van der Waals surface area contributed by atoms with Crippen molar-refractivity contribution < 1.29 is 8.78 Å². The summed E-state index contributed by atoms with van der Waals surface area (Å²) in [6.07, 6.45) is 1.38. The number of rotatable bonds is 3. The predicted octanol–water partition coefficient (Wildman–Crippen LogP) is 3.63. The molecule has 5 heteroatoms. The van der Waals surface area contributed by atoms with Gasteiger partial charge in [0.25, 0.3) is 0 Å². The van der Waals surface area contributed by atoms with Gasteiger partial charge in [-0.15, -0.1) is 0 Å². The molecule has 0 spiro atoms. The molecule has 1 aromatic carbocycles. The first kappa shape index (κ1) is 11.8. The predicted molar refractivity (Wildman–Crippen MR) is 62.9 cm³/mol. The molecule has 2 rings (SSSR count). The van der Waals surface area contributed by atoms with Crippen LogP contribution >= 0.6 is 11.6 Å². The van der Waals surface area contributed by atoms with Crippen LogP contribution in [0.3, 0.4) is 0 Å². The highest BCUT2D eigenvalue weighted by molar-refractivity contribution is 6.31. The van der Waals surface area contributed by atoms with E-state index in [9.17, 15) is 8.78 Å². The number of nitrogens with one attached hydrogen (secondary N) is 1. The summed E-state index contributed by atoms with van der Waals surface area (Å²) in [5.41, 5.74) is 1.43. The third-order valence-electron chi connectivity index (χ3n) is 2.23. The summed E-state index contributed by atoms with van der Waals surface area (Å²) in [5.74, 6) is -0.905. The van der Waals surface area contributed by atoms with Crippen LogP contribution in [0, 0.1) is 11.8 Å². The Bertz CT molecular complexity index is 514. The molecule has 0 aliphatic carbocycles. The van der Waals surface area contributed by atoms with Gasteiger partial charge in [0.1, 0.15) is 5.82 Å². The molecule has 0 amide bonds. The van der Waals surface area contributed by atoms with Crippen molar-refractivity contribution in [2.75, 3.05) is 5.32 Å². The molecule has 0 radical (unpaired) electrons. The molecule has 0 saturated heterocycles. The van der Waals surface area contributed by atoms with Crippen molar-refractivity contribution in [3.8, 4) is 0 Å². The van der Waals surface area contributed by atoms with E-state index in [0.717, 1.165) is 5.56 Å². The maximum atomic E-state index is 12.8. The molecule has 0 atom stereocenters. The summed E-state index contributed by atoms with van der Waals surface area (Å²) < 4.78 is 25.4. The Kier molecular flexibility index (Phi) is 3.54. The highest BCUT2D eigenvalue weighted by Crippen LogP contribution is 2.18. The lowest BCUT2D eigenvalue weighted by Gasteiger charge is -2.07. The van der Waals surface area contributed by atoms with Crippen LogP contribution in [0.2, 0.25) is 5.02 Å². The zero-order chi connectivity index (χ0) is 12.3. The lowest BCUT2D eigenvalue weighted by Crippen LogP contribution is -2.01. The van der Waals surface area contributed by atoms with Gasteiger partial charge in [-0.25, -0.2) is 9.37 Å². The number of hydrogen-bond donors (Lipinski definition) is 1. The summed E-state index contributed by atoms with van der Waals surface area (Å²) in [7, 11) is 0. The van der Waals surface area contributed by atoms with Gasteiger partial charge in [-0.2, -0.15) is 4.39 Å². The number of hydrogen-bond acceptors (Lipinski definition) is 2. The SMILES string of the molecule is Fc1ccc(CNc2ccc(F)nc2)c(Cl)c1. The van der Waals surface area contributed by atoms with Gasteiger partial charge in [-0.3, -0.25) is 0 Å². The Labute approximate surface area is 102 Å². The zero-order valence-corrected chi connectivity index (χ0v) is 9.51. The quantitative estimate of drug-likeness (QED) is 0.846. The molecule has 1 N–H and O–H groups in total. The zero-order valence-electron chi connectivity index (χ0n) is 8.75. The monoisotopic (exact) mass is 254 g/mol. The minimum atomic E-state index is -0.532. The van der Waals surface area contributed by atoms with Crippen LogP contribution in [0.1, 0.15) is 5.56 Å². The summed E-state index contributed by atoms with van der Waals surface area (Å²) in [6.45, 7) is 0.423. The van der Waals surface area contributed by atoms with Gasteiger partial charge in [-0.05, 0) is 29.8 Å². The Hall–Kier alpha value is -1.68. The summed E-state index contributed by atoms with van der Waals surface area (Å²) in [4.78, 5) is 3.51. The van der Waals surface area contributed by atoms with E-state index >= 15 is 0 Å². The molecular weight excluding hydrogens is 246 g/mol. The van der Waals surface area contributed by atoms with Gasteiger partial charge in [0.15, 0.2) is 0 Å². The second-order valence-electron chi connectivity index (χ2n) is 3.46. The van der Waals surface area contributed by atoms with E-state index in [1.807, 2.05) is 0 Å². The number of nitrogens with zero attached hydrogens (tertiary/aromatic N) is 1. The molecule has 2 aromatic rings. The lowest BCUT2D eigenvalue weighted by molar-refractivity contribution is 0.584. The average Bonchev–Trinajstić information content (AvgIpc) is 2.30. The summed E-state index contributed by atoms with van der Waals surface area (Å²) in [5, 5.41) is 3.37. The molecular formula is C12H9ClF2N2. The third-order valence-corrected chi connectivity index (χ3v) is 2.58. The van der Waals surface area contributed by atoms with Crippen LogP contribution in [0.5, 0.6) is 0 Å². The second-order valence-corrected chi connectivity index (χ2v) is 3.87. The van der Waals surface area contributed by atoms with Crippen LogP contribution in [-0.4, -0.2) is 4.98 Å². The van der Waals surface area contributed by atoms with E-state index in [1.54, 1.807) is 12.1 Å². The van der Waals surface area contributed by atoms with Crippen molar-refractivity contribution in [3.63, 3.8) is 0 Å². The number of halogens is 3. The molecule has 17 heavy (non-hydrogen) atoms. The fraction of sp³-hybridized carbons (Fsp3) is 0.0833. The van der Waals surface area contributed by atoms with Crippen LogP contribution < -0.4 is 5.32 Å². The largest absolute Gasteiger partial charge is 0.380 e. The van der Waals surface area contributed by atoms with Crippen molar-refractivity contribution in [2.45, 2.75) is 6.54 Å². The molecule has 0 fully saturated rings. The van der Waals surface area contributed by atoms with Crippen LogP contribution in [-0.2, 0) is 6.54 Å². The van der Waals surface area contributed by atoms with Crippen molar-refractivity contribution in [3.05, 3.63) is 58.9 Å². The van der Waals surface area contributed by atoms with Crippen LogP contribution in [0.4, 0.5) is 14.5 Å². The molecule has 0 bridgehead atoms. The first-order chi connectivity index (χ1) is 8.15. The molecule has 88 valence electrons. The summed E-state index contributed by atoms with van der Waals surface area (Å²) in [6, 6.07) is 7.02. The van der Waals surface area contributed by atoms with Gasteiger partial charge < -0.3 is 5.32 Å². The van der Waals surface area contributed by atoms with E-state index in [2.05, 4.69) is 10.3 Å². The minimum absolute atomic E-state index is 0.354. The fourth-order valence-corrected chi connectivity index (χ4v) is 1.58. The number of anilines is 1. The van der Waals surface area contributed by atoms with E-state index in [-0.39, 0.29) is 5.82 Å². The Balaban J connectivity index is 2.04. The molecule has 0 saturated carbocycles. The Morgan fingerprint density at radius 1 is 1.18 bits per heavy atom. The van der Waals surface area contributed by atoms with Crippen LogP contribution in [0.15, 0.2) is 36.5 Å². The van der Waals surface area contributed by atoms with E-state index in [0.29, 0.717) is 17.3 Å². The van der Waals surface area contributed by atoms with Crippen molar-refractivity contribution in [1.29, 1.82) is 0 Å².